The zero-order valence-corrected chi connectivity index (χ0v) is 13.2. The van der Waals surface area contributed by atoms with E-state index >= 15 is 0 Å². The Morgan fingerprint density at radius 3 is 2.59 bits per heavy atom. The predicted octanol–water partition coefficient (Wildman–Crippen LogP) is 2.92. The van der Waals surface area contributed by atoms with Crippen molar-refractivity contribution in [3.05, 3.63) is 35.6 Å². The van der Waals surface area contributed by atoms with Crippen LogP contribution in [0.3, 0.4) is 0 Å². The van der Waals surface area contributed by atoms with Gasteiger partial charge in [-0.2, -0.15) is 0 Å². The third-order valence-corrected chi connectivity index (χ3v) is 4.90. The summed E-state index contributed by atoms with van der Waals surface area (Å²) >= 11 is 0. The van der Waals surface area contributed by atoms with E-state index in [1.54, 1.807) is 12.1 Å². The molecule has 1 saturated carbocycles. The number of carbonyl (C=O) groups is 1. The van der Waals surface area contributed by atoms with Crippen molar-refractivity contribution < 1.29 is 9.18 Å². The molecule has 0 aromatic heterocycles. The number of hydrogen-bond donors (Lipinski definition) is 1. The predicted molar refractivity (Wildman–Crippen MR) is 85.1 cm³/mol. The Kier molecular flexibility index (Phi) is 4.77. The van der Waals surface area contributed by atoms with Gasteiger partial charge in [0.1, 0.15) is 5.82 Å². The normalized spacial score (nSPS) is 25.9. The fourth-order valence-corrected chi connectivity index (χ4v) is 3.49. The second-order valence-electron chi connectivity index (χ2n) is 6.62. The smallest absolute Gasteiger partial charge is 0.223 e. The Morgan fingerprint density at radius 2 is 1.95 bits per heavy atom. The van der Waals surface area contributed by atoms with E-state index in [9.17, 15) is 9.18 Å². The van der Waals surface area contributed by atoms with E-state index in [1.165, 1.54) is 18.6 Å². The molecule has 1 aliphatic carbocycles. The molecule has 2 atom stereocenters. The van der Waals surface area contributed by atoms with E-state index in [1.807, 2.05) is 0 Å². The monoisotopic (exact) mass is 304 g/mol. The highest BCUT2D eigenvalue weighted by atomic mass is 19.1. The van der Waals surface area contributed by atoms with Crippen LogP contribution in [0.1, 0.15) is 44.1 Å². The molecule has 2 aliphatic rings. The number of carbonyl (C=O) groups excluding carboxylic acids is 1. The molecule has 0 spiro atoms. The lowest BCUT2D eigenvalue weighted by Crippen LogP contribution is -2.45. The average Bonchev–Trinajstić information content (AvgIpc) is 3.31. The van der Waals surface area contributed by atoms with Crippen LogP contribution in [0.5, 0.6) is 0 Å². The number of nitrogens with zero attached hydrogens (tertiary/aromatic N) is 1. The van der Waals surface area contributed by atoms with E-state index in [0.29, 0.717) is 6.04 Å². The van der Waals surface area contributed by atoms with Gasteiger partial charge in [0.05, 0.1) is 0 Å². The van der Waals surface area contributed by atoms with Crippen molar-refractivity contribution in [1.82, 2.24) is 10.2 Å². The third kappa shape index (κ3) is 3.67. The standard InChI is InChI=1S/C18H25FN2O/c1-2-9-21-10-7-15(8-11-21)20-18(22)17-12-16(17)13-3-5-14(19)6-4-13/h3-6,15-17H,2,7-12H2,1H3,(H,20,22). The first-order valence-corrected chi connectivity index (χ1v) is 8.45. The fraction of sp³-hybridized carbons (Fsp3) is 0.611. The molecular formula is C18H25FN2O. The van der Waals surface area contributed by atoms with Gasteiger partial charge < -0.3 is 10.2 Å². The van der Waals surface area contributed by atoms with Crippen LogP contribution in [0, 0.1) is 11.7 Å². The van der Waals surface area contributed by atoms with Crippen LogP contribution in [-0.2, 0) is 4.79 Å². The lowest BCUT2D eigenvalue weighted by Gasteiger charge is -2.32. The summed E-state index contributed by atoms with van der Waals surface area (Å²) in [5, 5.41) is 3.21. The SMILES string of the molecule is CCCN1CCC(NC(=O)C2CC2c2ccc(F)cc2)CC1. The van der Waals surface area contributed by atoms with Crippen molar-refractivity contribution in [3.8, 4) is 0 Å². The van der Waals surface area contributed by atoms with E-state index in [2.05, 4.69) is 17.1 Å². The molecule has 0 radical (unpaired) electrons. The molecule has 1 aromatic carbocycles. The van der Waals surface area contributed by atoms with Crippen LogP contribution in [-0.4, -0.2) is 36.5 Å². The summed E-state index contributed by atoms with van der Waals surface area (Å²) in [5.74, 6) is 0.326. The molecule has 1 heterocycles. The molecule has 0 bridgehead atoms. The summed E-state index contributed by atoms with van der Waals surface area (Å²) in [4.78, 5) is 14.8. The lowest BCUT2D eigenvalue weighted by molar-refractivity contribution is -0.123. The van der Waals surface area contributed by atoms with Gasteiger partial charge in [-0.25, -0.2) is 4.39 Å². The number of benzene rings is 1. The van der Waals surface area contributed by atoms with Gasteiger partial charge in [-0.1, -0.05) is 19.1 Å². The van der Waals surface area contributed by atoms with E-state index in [4.69, 9.17) is 0 Å². The summed E-state index contributed by atoms with van der Waals surface area (Å²) in [7, 11) is 0. The van der Waals surface area contributed by atoms with Crippen LogP contribution in [0.15, 0.2) is 24.3 Å². The Morgan fingerprint density at radius 1 is 1.27 bits per heavy atom. The molecule has 1 N–H and O–H groups in total. The highest BCUT2D eigenvalue weighted by Gasteiger charge is 2.44. The Labute approximate surface area is 131 Å². The highest BCUT2D eigenvalue weighted by Crippen LogP contribution is 2.47. The van der Waals surface area contributed by atoms with Gasteiger partial charge in [0.15, 0.2) is 0 Å². The first-order chi connectivity index (χ1) is 10.7. The van der Waals surface area contributed by atoms with Gasteiger partial charge >= 0.3 is 0 Å². The molecule has 2 fully saturated rings. The van der Waals surface area contributed by atoms with Crippen LogP contribution in [0.2, 0.25) is 0 Å². The minimum absolute atomic E-state index is 0.0825. The third-order valence-electron chi connectivity index (χ3n) is 4.90. The number of likely N-dealkylation sites (tertiary alicyclic amines) is 1. The summed E-state index contributed by atoms with van der Waals surface area (Å²) in [6.07, 6.45) is 4.20. The molecule has 3 nitrogen and oxygen atoms in total. The first-order valence-electron chi connectivity index (χ1n) is 8.45. The van der Waals surface area contributed by atoms with Crippen LogP contribution in [0.25, 0.3) is 0 Å². The number of rotatable bonds is 5. The second-order valence-corrected chi connectivity index (χ2v) is 6.62. The minimum Gasteiger partial charge on any atom is -0.353 e. The van der Waals surface area contributed by atoms with E-state index in [0.717, 1.165) is 44.5 Å². The van der Waals surface area contributed by atoms with Crippen molar-refractivity contribution in [3.63, 3.8) is 0 Å². The zero-order chi connectivity index (χ0) is 15.5. The summed E-state index contributed by atoms with van der Waals surface area (Å²) in [6, 6.07) is 6.89. The van der Waals surface area contributed by atoms with Gasteiger partial charge in [0, 0.05) is 25.0 Å². The number of halogens is 1. The topological polar surface area (TPSA) is 32.3 Å². The lowest BCUT2D eigenvalue weighted by atomic mass is 10.0. The molecule has 22 heavy (non-hydrogen) atoms. The fourth-order valence-electron chi connectivity index (χ4n) is 3.49. The summed E-state index contributed by atoms with van der Waals surface area (Å²) < 4.78 is 12.9. The van der Waals surface area contributed by atoms with Crippen LogP contribution >= 0.6 is 0 Å². The van der Waals surface area contributed by atoms with Crippen molar-refractivity contribution in [1.29, 1.82) is 0 Å². The van der Waals surface area contributed by atoms with Gasteiger partial charge in [-0.15, -0.1) is 0 Å². The Hall–Kier alpha value is -1.42. The quantitative estimate of drug-likeness (QED) is 0.907. The van der Waals surface area contributed by atoms with Crippen molar-refractivity contribution in [2.75, 3.05) is 19.6 Å². The molecule has 1 aromatic rings. The molecule has 2 unspecified atom stereocenters. The molecule has 1 amide bonds. The van der Waals surface area contributed by atoms with Crippen LogP contribution < -0.4 is 5.32 Å². The molecule has 4 heteroatoms. The molecule has 1 aliphatic heterocycles. The van der Waals surface area contributed by atoms with Gasteiger partial charge in [-0.3, -0.25) is 4.79 Å². The van der Waals surface area contributed by atoms with E-state index in [-0.39, 0.29) is 23.6 Å². The zero-order valence-electron chi connectivity index (χ0n) is 13.2. The minimum atomic E-state index is -0.218. The second kappa shape index (κ2) is 6.78. The van der Waals surface area contributed by atoms with Crippen LogP contribution in [0.4, 0.5) is 4.39 Å². The molecule has 120 valence electrons. The Bertz CT molecular complexity index is 508. The van der Waals surface area contributed by atoms with Gasteiger partial charge in [0.2, 0.25) is 5.91 Å². The van der Waals surface area contributed by atoms with Gasteiger partial charge in [0.25, 0.3) is 0 Å². The first kappa shape index (κ1) is 15.5. The maximum Gasteiger partial charge on any atom is 0.223 e. The van der Waals surface area contributed by atoms with Gasteiger partial charge in [-0.05, 0) is 55.8 Å². The van der Waals surface area contributed by atoms with E-state index < -0.39 is 0 Å². The molecular weight excluding hydrogens is 279 g/mol. The number of nitrogens with one attached hydrogen (secondary N) is 1. The number of piperidine rings is 1. The highest BCUT2D eigenvalue weighted by molar-refractivity contribution is 5.83. The Balaban J connectivity index is 1.45. The number of hydrogen-bond acceptors (Lipinski definition) is 2. The molecule has 3 rings (SSSR count). The average molecular weight is 304 g/mol. The molecule has 1 saturated heterocycles. The maximum absolute atomic E-state index is 12.9. The number of amides is 1. The summed E-state index contributed by atoms with van der Waals surface area (Å²) in [6.45, 7) is 5.54. The maximum atomic E-state index is 12.9. The largest absolute Gasteiger partial charge is 0.353 e. The van der Waals surface area contributed by atoms with Crippen molar-refractivity contribution in [2.45, 2.75) is 44.6 Å². The van der Waals surface area contributed by atoms with Crippen molar-refractivity contribution in [2.24, 2.45) is 5.92 Å². The van der Waals surface area contributed by atoms with Crippen molar-refractivity contribution >= 4 is 5.91 Å². The summed E-state index contributed by atoms with van der Waals surface area (Å²) in [5.41, 5.74) is 1.08.